The van der Waals surface area contributed by atoms with Crippen LogP contribution in [0.25, 0.3) is 16.9 Å². The summed E-state index contributed by atoms with van der Waals surface area (Å²) in [4.78, 5) is 33.6. The molecule has 2 aromatic carbocycles. The van der Waals surface area contributed by atoms with Crippen LogP contribution in [0.3, 0.4) is 0 Å². The second kappa shape index (κ2) is 8.93. The molecule has 2 heterocycles. The second-order valence-corrected chi connectivity index (χ2v) is 7.77. The minimum Gasteiger partial charge on any atom is -0.496 e. The Bertz CT molecular complexity index is 1460. The summed E-state index contributed by atoms with van der Waals surface area (Å²) in [7, 11) is 1.43. The Hall–Kier alpha value is -4.28. The Morgan fingerprint density at radius 3 is 2.59 bits per heavy atom. The lowest BCUT2D eigenvalue weighted by Gasteiger charge is -2.12. The third-order valence-electron chi connectivity index (χ3n) is 5.37. The molecule has 4 rings (SSSR count). The van der Waals surface area contributed by atoms with Crippen molar-refractivity contribution in [2.24, 2.45) is 0 Å². The summed E-state index contributed by atoms with van der Waals surface area (Å²) in [6, 6.07) is 8.76. The first kappa shape index (κ1) is 22.9. The van der Waals surface area contributed by atoms with E-state index >= 15 is 8.78 Å². The van der Waals surface area contributed by atoms with Crippen molar-refractivity contribution in [2.75, 3.05) is 12.8 Å². The molecule has 0 saturated heterocycles. The Balaban J connectivity index is 1.72. The summed E-state index contributed by atoms with van der Waals surface area (Å²) in [6.07, 6.45) is 1.20. The Labute approximate surface area is 192 Å². The largest absolute Gasteiger partial charge is 0.496 e. The summed E-state index contributed by atoms with van der Waals surface area (Å²) in [6.45, 7) is 3.23. The van der Waals surface area contributed by atoms with Gasteiger partial charge < -0.3 is 15.8 Å². The van der Waals surface area contributed by atoms with Crippen LogP contribution < -0.4 is 21.5 Å². The number of fused-ring (bicyclic) bond motifs is 1. The maximum Gasteiger partial charge on any atom is 0.335 e. The van der Waals surface area contributed by atoms with Crippen molar-refractivity contribution in [3.05, 3.63) is 76.0 Å². The number of nitrogens with one attached hydrogen (secondary N) is 1. The van der Waals surface area contributed by atoms with E-state index in [1.807, 2.05) is 0 Å². The van der Waals surface area contributed by atoms with E-state index in [1.54, 1.807) is 38.1 Å². The van der Waals surface area contributed by atoms with Gasteiger partial charge in [0.05, 0.1) is 18.4 Å². The SMILES string of the molecule is COc1ccccc1C(=O)NCc1ccc(-n2c(=O)n(C(C)C)c3ncnc(N)c32)c(F)c1F. The lowest BCUT2D eigenvalue weighted by atomic mass is 10.1. The third-order valence-corrected chi connectivity index (χ3v) is 5.37. The van der Waals surface area contributed by atoms with Crippen LogP contribution in [0.5, 0.6) is 5.75 Å². The summed E-state index contributed by atoms with van der Waals surface area (Å²) in [5.74, 6) is -2.68. The molecule has 3 N–H and O–H groups in total. The van der Waals surface area contributed by atoms with Crippen LogP contribution in [0.2, 0.25) is 0 Å². The maximum absolute atomic E-state index is 15.2. The Morgan fingerprint density at radius 2 is 1.88 bits per heavy atom. The average molecular weight is 468 g/mol. The molecule has 0 unspecified atom stereocenters. The highest BCUT2D eigenvalue weighted by molar-refractivity contribution is 5.96. The van der Waals surface area contributed by atoms with Gasteiger partial charge in [0, 0.05) is 18.2 Å². The van der Waals surface area contributed by atoms with Crippen LogP contribution in [0, 0.1) is 11.6 Å². The number of methoxy groups -OCH3 is 1. The van der Waals surface area contributed by atoms with Crippen molar-refractivity contribution in [3.63, 3.8) is 0 Å². The van der Waals surface area contributed by atoms with Crippen molar-refractivity contribution in [1.29, 1.82) is 0 Å². The number of ether oxygens (including phenoxy) is 1. The smallest absolute Gasteiger partial charge is 0.335 e. The molecule has 0 aliphatic rings. The lowest BCUT2D eigenvalue weighted by Crippen LogP contribution is -2.26. The number of rotatable bonds is 6. The summed E-state index contributed by atoms with van der Waals surface area (Å²) in [5, 5.41) is 2.55. The van der Waals surface area contributed by atoms with Crippen molar-refractivity contribution in [2.45, 2.75) is 26.4 Å². The van der Waals surface area contributed by atoms with Crippen LogP contribution in [0.15, 0.2) is 47.5 Å². The maximum atomic E-state index is 15.2. The highest BCUT2D eigenvalue weighted by Crippen LogP contribution is 2.26. The quantitative estimate of drug-likeness (QED) is 0.449. The molecule has 2 aromatic heterocycles. The van der Waals surface area contributed by atoms with Crippen LogP contribution in [-0.4, -0.2) is 32.1 Å². The molecule has 0 radical (unpaired) electrons. The van der Waals surface area contributed by atoms with Crippen molar-refractivity contribution in [1.82, 2.24) is 24.4 Å². The monoisotopic (exact) mass is 468 g/mol. The number of nitrogens with two attached hydrogens (primary N) is 1. The molecule has 0 bridgehead atoms. The third kappa shape index (κ3) is 3.74. The topological polar surface area (TPSA) is 117 Å². The van der Waals surface area contributed by atoms with Gasteiger partial charge in [-0.25, -0.2) is 23.5 Å². The zero-order valence-corrected chi connectivity index (χ0v) is 18.7. The molecular formula is C23H22F2N6O3. The van der Waals surface area contributed by atoms with E-state index in [2.05, 4.69) is 15.3 Å². The van der Waals surface area contributed by atoms with Gasteiger partial charge in [-0.3, -0.25) is 13.9 Å². The van der Waals surface area contributed by atoms with Crippen LogP contribution in [-0.2, 0) is 6.54 Å². The Kier molecular flexibility index (Phi) is 6.01. The second-order valence-electron chi connectivity index (χ2n) is 7.77. The van der Waals surface area contributed by atoms with E-state index < -0.39 is 23.2 Å². The van der Waals surface area contributed by atoms with Gasteiger partial charge >= 0.3 is 5.69 Å². The van der Waals surface area contributed by atoms with Crippen molar-refractivity contribution in [3.8, 4) is 11.4 Å². The molecule has 34 heavy (non-hydrogen) atoms. The number of carbonyl (C=O) groups is 1. The number of benzene rings is 2. The van der Waals surface area contributed by atoms with Crippen molar-refractivity contribution >= 4 is 22.9 Å². The summed E-state index contributed by atoms with van der Waals surface area (Å²) >= 11 is 0. The Morgan fingerprint density at radius 1 is 1.15 bits per heavy atom. The number of anilines is 1. The molecule has 0 saturated carbocycles. The van der Waals surface area contributed by atoms with E-state index in [1.165, 1.54) is 30.1 Å². The number of nitrogen functional groups attached to an aromatic ring is 1. The highest BCUT2D eigenvalue weighted by Gasteiger charge is 2.24. The zero-order valence-electron chi connectivity index (χ0n) is 18.7. The van der Waals surface area contributed by atoms with Crippen LogP contribution in [0.1, 0.15) is 35.8 Å². The fourth-order valence-corrected chi connectivity index (χ4v) is 3.75. The van der Waals surface area contributed by atoms with E-state index in [0.717, 1.165) is 4.57 Å². The zero-order chi connectivity index (χ0) is 24.6. The molecule has 0 spiro atoms. The molecule has 9 nitrogen and oxygen atoms in total. The van der Waals surface area contributed by atoms with Gasteiger partial charge in [0.15, 0.2) is 23.1 Å². The standard InChI is InChI=1S/C23H22F2N6O3/c1-12(2)30-21-19(20(26)28-11-29-21)31(23(30)33)15-9-8-13(17(24)18(15)25)10-27-22(32)14-6-4-5-7-16(14)34-3/h4-9,11-12H,10H2,1-3H3,(H,27,32)(H2,26,28,29). The van der Waals surface area contributed by atoms with Crippen LogP contribution >= 0.6 is 0 Å². The van der Waals surface area contributed by atoms with Crippen LogP contribution in [0.4, 0.5) is 14.6 Å². The van der Waals surface area contributed by atoms with Gasteiger partial charge in [0.25, 0.3) is 5.91 Å². The van der Waals surface area contributed by atoms with E-state index in [9.17, 15) is 9.59 Å². The number of imidazole rings is 1. The number of carbonyl (C=O) groups excluding carboxylic acids is 1. The first-order valence-corrected chi connectivity index (χ1v) is 10.4. The van der Waals surface area contributed by atoms with Gasteiger partial charge in [-0.15, -0.1) is 0 Å². The number of hydrogen-bond acceptors (Lipinski definition) is 6. The number of hydrogen-bond donors (Lipinski definition) is 2. The molecule has 0 atom stereocenters. The van der Waals surface area contributed by atoms with Gasteiger partial charge in [0.2, 0.25) is 0 Å². The molecule has 4 aromatic rings. The fraction of sp³-hybridized carbons (Fsp3) is 0.217. The number of halogens is 2. The van der Waals surface area contributed by atoms with Gasteiger partial charge in [-0.1, -0.05) is 18.2 Å². The van der Waals surface area contributed by atoms with Crippen molar-refractivity contribution < 1.29 is 18.3 Å². The first-order chi connectivity index (χ1) is 16.3. The first-order valence-electron chi connectivity index (χ1n) is 10.4. The predicted octanol–water partition coefficient (Wildman–Crippen LogP) is 2.96. The number of nitrogens with zero attached hydrogens (tertiary/aromatic N) is 4. The summed E-state index contributed by atoms with van der Waals surface area (Å²) < 4.78 is 37.6. The minimum atomic E-state index is -1.27. The van der Waals surface area contributed by atoms with Gasteiger partial charge in [0.1, 0.15) is 17.6 Å². The molecule has 176 valence electrons. The van der Waals surface area contributed by atoms with Gasteiger partial charge in [-0.2, -0.15) is 0 Å². The molecule has 1 amide bonds. The van der Waals surface area contributed by atoms with E-state index in [4.69, 9.17) is 10.5 Å². The molecule has 0 aliphatic carbocycles. The lowest BCUT2D eigenvalue weighted by molar-refractivity contribution is 0.0947. The molecular weight excluding hydrogens is 446 g/mol. The predicted molar refractivity (Wildman–Crippen MR) is 122 cm³/mol. The number of amides is 1. The fourth-order valence-electron chi connectivity index (χ4n) is 3.75. The van der Waals surface area contributed by atoms with E-state index in [0.29, 0.717) is 5.75 Å². The number of aromatic nitrogens is 4. The minimum absolute atomic E-state index is 0.0468. The normalized spacial score (nSPS) is 11.2. The summed E-state index contributed by atoms with van der Waals surface area (Å²) in [5.41, 5.74) is 5.43. The van der Waals surface area contributed by atoms with Gasteiger partial charge in [-0.05, 0) is 32.0 Å². The highest BCUT2D eigenvalue weighted by atomic mass is 19.2. The molecule has 0 aliphatic heterocycles. The molecule has 0 fully saturated rings. The number of para-hydroxylation sites is 1. The molecule has 11 heteroatoms. The average Bonchev–Trinajstić information content (AvgIpc) is 3.13. The van der Waals surface area contributed by atoms with E-state index in [-0.39, 0.29) is 46.4 Å².